The summed E-state index contributed by atoms with van der Waals surface area (Å²) in [5, 5.41) is 8.47. The molecule has 7 unspecified atom stereocenters. The third-order valence-corrected chi connectivity index (χ3v) is 15.5. The first-order valence-electron chi connectivity index (χ1n) is 24.6. The number of methoxy groups -OCH3 is 1. The number of carbonyl (C=O) groups is 7. The summed E-state index contributed by atoms with van der Waals surface area (Å²) in [6.45, 7) is 30.1. The molecule has 6 aliphatic carbocycles. The van der Waals surface area contributed by atoms with Gasteiger partial charge in [-0.15, -0.1) is 0 Å². The van der Waals surface area contributed by atoms with E-state index in [4.69, 9.17) is 33.5 Å². The molecule has 1 heterocycles. The fraction of sp³-hybridized carbons (Fsp3) is 0.865. The Kier molecular flexibility index (Phi) is 18.6. The van der Waals surface area contributed by atoms with Crippen molar-refractivity contribution in [3.05, 3.63) is 0 Å². The lowest BCUT2D eigenvalue weighted by atomic mass is 9.54. The highest BCUT2D eigenvalue weighted by molar-refractivity contribution is 5.86. The van der Waals surface area contributed by atoms with Gasteiger partial charge in [0.05, 0.1) is 47.0 Å². The Morgan fingerprint density at radius 3 is 1.53 bits per heavy atom. The fourth-order valence-corrected chi connectivity index (χ4v) is 10.0. The molecule has 7 fully saturated rings. The van der Waals surface area contributed by atoms with Gasteiger partial charge in [0.2, 0.25) is 0 Å². The van der Waals surface area contributed by atoms with Crippen molar-refractivity contribution < 1.29 is 67.1 Å². The molecule has 1 saturated heterocycles. The molecular weight excluding hydrogens is 849 g/mol. The molecule has 0 aromatic heterocycles. The minimum absolute atomic E-state index is 0.0342. The molecule has 7 aliphatic rings. The van der Waals surface area contributed by atoms with E-state index in [1.54, 1.807) is 20.8 Å². The Hall–Kier alpha value is -3.71. The van der Waals surface area contributed by atoms with Crippen molar-refractivity contribution >= 4 is 41.8 Å². The lowest BCUT2D eigenvalue weighted by molar-refractivity contribution is -0.196. The minimum Gasteiger partial charge on any atom is -0.481 e. The largest absolute Gasteiger partial charge is 0.481 e. The van der Waals surface area contributed by atoms with E-state index in [1.165, 1.54) is 26.4 Å². The SMILES string of the molecule is CCC(C)(C)C(=O)OC(C)(C)C.CCC(C)(C)C(=O)OC(C)CC(=O)O.CCC(C)(C)C(=O)OC12CC3CC(CC(C3)C1)C2.CCC(C)(C)C(=O)OC1C2CC3C1OC(=O)C3C2C(=O)OC. The van der Waals surface area contributed by atoms with Crippen molar-refractivity contribution in [1.82, 2.24) is 0 Å². The standard InChI is InChI=1S/C16H22O6.C16H26O2.C10H18O4.C10H20O2/c1-5-16(2,3)15(19)22-12-7-6-8-10(9(7)13(17)20-4)14(18)21-11(8)12;1-4-15(2,3)14(17)18-16-8-11-5-12(9-16)7-13(6-11)10-16;1-5-10(3,4)9(13)14-7(2)6-8(11)12;1-7-10(5,6)8(11)12-9(2,3)4/h7-12H,5-6H2,1-4H3;11-13H,4-10H2,1-3H3;7H,5-6H2,1-4H3,(H,11,12);7H2,1-6H3. The normalized spacial score (nSPS) is 29.6. The summed E-state index contributed by atoms with van der Waals surface area (Å²) in [5.74, 6) is -1.14. The van der Waals surface area contributed by atoms with Gasteiger partial charge in [0.25, 0.3) is 0 Å². The van der Waals surface area contributed by atoms with Crippen LogP contribution < -0.4 is 0 Å². The predicted octanol–water partition coefficient (Wildman–Crippen LogP) is 9.84. The van der Waals surface area contributed by atoms with Crippen LogP contribution in [0.15, 0.2) is 0 Å². The monoisotopic (exact) mass is 935 g/mol. The van der Waals surface area contributed by atoms with E-state index in [2.05, 4.69) is 6.92 Å². The Morgan fingerprint density at radius 2 is 1.11 bits per heavy atom. The Bertz CT molecular complexity index is 1710. The van der Waals surface area contributed by atoms with Gasteiger partial charge in [0.15, 0.2) is 0 Å². The zero-order chi connectivity index (χ0) is 50.5. The van der Waals surface area contributed by atoms with Crippen LogP contribution in [0.3, 0.4) is 0 Å². The first-order valence-corrected chi connectivity index (χ1v) is 24.6. The highest BCUT2D eigenvalue weighted by atomic mass is 16.6. The number of ether oxygens (including phenoxy) is 6. The maximum atomic E-state index is 12.4. The number of aliphatic carboxylic acids is 1. The van der Waals surface area contributed by atoms with Crippen molar-refractivity contribution in [2.75, 3.05) is 7.11 Å². The number of rotatable bonds is 14. The average Bonchev–Trinajstić information content (AvgIpc) is 3.84. The van der Waals surface area contributed by atoms with Crippen LogP contribution in [0.1, 0.15) is 188 Å². The quantitative estimate of drug-likeness (QED) is 0.128. The molecule has 1 N–H and O–H groups in total. The molecule has 378 valence electrons. The van der Waals surface area contributed by atoms with E-state index in [0.29, 0.717) is 19.3 Å². The molecule has 6 bridgehead atoms. The summed E-state index contributed by atoms with van der Waals surface area (Å²) in [4.78, 5) is 82.1. The second kappa shape index (κ2) is 21.7. The molecule has 14 heteroatoms. The number of hydrogen-bond donors (Lipinski definition) is 1. The average molecular weight is 935 g/mol. The number of esters is 6. The van der Waals surface area contributed by atoms with Gasteiger partial charge in [0.1, 0.15) is 29.5 Å². The van der Waals surface area contributed by atoms with Crippen molar-refractivity contribution in [1.29, 1.82) is 0 Å². The molecule has 14 nitrogen and oxygen atoms in total. The van der Waals surface area contributed by atoms with Gasteiger partial charge in [0, 0.05) is 11.8 Å². The number of carboxylic acids is 1. The molecule has 66 heavy (non-hydrogen) atoms. The van der Waals surface area contributed by atoms with Crippen molar-refractivity contribution in [2.24, 2.45) is 63.1 Å². The molecule has 0 aromatic carbocycles. The molecule has 0 radical (unpaired) electrons. The molecule has 1 aliphatic heterocycles. The van der Waals surface area contributed by atoms with Gasteiger partial charge in [-0.05, 0) is 171 Å². The third-order valence-electron chi connectivity index (χ3n) is 15.5. The maximum Gasteiger partial charge on any atom is 0.312 e. The van der Waals surface area contributed by atoms with E-state index >= 15 is 0 Å². The predicted molar refractivity (Wildman–Crippen MR) is 247 cm³/mol. The van der Waals surface area contributed by atoms with E-state index in [1.807, 2.05) is 83.1 Å². The van der Waals surface area contributed by atoms with Crippen LogP contribution in [-0.2, 0) is 62.0 Å². The second-order valence-corrected chi connectivity index (χ2v) is 23.7. The van der Waals surface area contributed by atoms with E-state index < -0.39 is 52.9 Å². The van der Waals surface area contributed by atoms with Gasteiger partial charge in [-0.1, -0.05) is 27.7 Å². The highest BCUT2D eigenvalue weighted by Gasteiger charge is 2.70. The fourth-order valence-electron chi connectivity index (χ4n) is 10.0. The first-order chi connectivity index (χ1) is 30.2. The summed E-state index contributed by atoms with van der Waals surface area (Å²) in [6, 6.07) is 0. The molecule has 6 saturated carbocycles. The molecule has 0 spiro atoms. The van der Waals surface area contributed by atoms with Crippen LogP contribution in [0, 0.1) is 63.1 Å². The third kappa shape index (κ3) is 13.9. The van der Waals surface area contributed by atoms with Gasteiger partial charge in [-0.25, -0.2) is 0 Å². The number of carboxylic acid groups (broad SMARTS) is 1. The lowest BCUT2D eigenvalue weighted by Gasteiger charge is -2.56. The zero-order valence-electron chi connectivity index (χ0n) is 43.5. The van der Waals surface area contributed by atoms with Gasteiger partial charge < -0.3 is 33.5 Å². The smallest absolute Gasteiger partial charge is 0.312 e. The summed E-state index contributed by atoms with van der Waals surface area (Å²) >= 11 is 0. The second-order valence-electron chi connectivity index (χ2n) is 23.7. The lowest BCUT2D eigenvalue weighted by Crippen LogP contribution is -2.53. The number of fused-ring (bicyclic) bond motifs is 1. The zero-order valence-corrected chi connectivity index (χ0v) is 43.5. The molecule has 0 amide bonds. The molecule has 7 atom stereocenters. The highest BCUT2D eigenvalue weighted by Crippen LogP contribution is 2.60. The van der Waals surface area contributed by atoms with Gasteiger partial charge >= 0.3 is 41.8 Å². The minimum atomic E-state index is -0.959. The van der Waals surface area contributed by atoms with Crippen molar-refractivity contribution in [3.63, 3.8) is 0 Å². The Balaban J connectivity index is 0.000000241. The molecule has 7 rings (SSSR count). The van der Waals surface area contributed by atoms with E-state index in [9.17, 15) is 33.6 Å². The van der Waals surface area contributed by atoms with Crippen LogP contribution in [0.5, 0.6) is 0 Å². The number of carbonyl (C=O) groups excluding carboxylic acids is 6. The van der Waals surface area contributed by atoms with Crippen LogP contribution in [0.4, 0.5) is 0 Å². The summed E-state index contributed by atoms with van der Waals surface area (Å²) in [7, 11) is 1.31. The topological polar surface area (TPSA) is 195 Å². The van der Waals surface area contributed by atoms with Crippen LogP contribution in [-0.4, -0.2) is 83.5 Å². The first kappa shape index (κ1) is 56.6. The molecular formula is C52H86O14. The van der Waals surface area contributed by atoms with Crippen molar-refractivity contribution in [3.8, 4) is 0 Å². The van der Waals surface area contributed by atoms with E-state index in [-0.39, 0.29) is 70.1 Å². The maximum absolute atomic E-state index is 12.4. The Labute approximate surface area is 395 Å². The van der Waals surface area contributed by atoms with Gasteiger partial charge in [-0.2, -0.15) is 0 Å². The summed E-state index contributed by atoms with van der Waals surface area (Å²) in [5.41, 5.74) is -2.24. The van der Waals surface area contributed by atoms with Crippen LogP contribution in [0.2, 0.25) is 0 Å². The van der Waals surface area contributed by atoms with Crippen molar-refractivity contribution in [2.45, 2.75) is 217 Å². The Morgan fingerprint density at radius 1 is 0.667 bits per heavy atom. The van der Waals surface area contributed by atoms with Crippen LogP contribution in [0.25, 0.3) is 0 Å². The van der Waals surface area contributed by atoms with Crippen LogP contribution >= 0.6 is 0 Å². The summed E-state index contributed by atoms with van der Waals surface area (Å²) in [6.07, 6.45) is 9.64. The van der Waals surface area contributed by atoms with Gasteiger partial charge in [-0.3, -0.25) is 33.6 Å². The molecule has 0 aromatic rings. The number of hydrogen-bond acceptors (Lipinski definition) is 13. The van der Waals surface area contributed by atoms with E-state index in [0.717, 1.165) is 49.9 Å². The summed E-state index contributed by atoms with van der Waals surface area (Å²) < 4.78 is 32.2.